The number of halogens is 1. The van der Waals surface area contributed by atoms with Crippen LogP contribution in [0.4, 0.5) is 0 Å². The predicted octanol–water partition coefficient (Wildman–Crippen LogP) is 3.65. The molecule has 0 saturated heterocycles. The van der Waals surface area contributed by atoms with Crippen molar-refractivity contribution in [1.29, 1.82) is 0 Å². The summed E-state index contributed by atoms with van der Waals surface area (Å²) in [5, 5.41) is 8.74. The highest BCUT2D eigenvalue weighted by atomic mass is 35.5. The quantitative estimate of drug-likeness (QED) is 0.880. The summed E-state index contributed by atoms with van der Waals surface area (Å²) in [6.07, 6.45) is 2.95. The van der Waals surface area contributed by atoms with E-state index in [1.54, 1.807) is 0 Å². The smallest absolute Gasteiger partial charge is 0.0663 e. The van der Waals surface area contributed by atoms with Crippen molar-refractivity contribution in [3.63, 3.8) is 0 Å². The number of rotatable bonds is 6. The van der Waals surface area contributed by atoms with E-state index in [0.717, 1.165) is 24.5 Å². The van der Waals surface area contributed by atoms with Crippen LogP contribution in [0.2, 0.25) is 5.02 Å². The average Bonchev–Trinajstić information content (AvgIpc) is 2.78. The third-order valence-electron chi connectivity index (χ3n) is 3.29. The second-order valence-electron chi connectivity index (χ2n) is 5.29. The predicted molar refractivity (Wildman–Crippen MR) is 84.1 cm³/mol. The minimum Gasteiger partial charge on any atom is -0.310 e. The molecule has 20 heavy (non-hydrogen) atoms. The van der Waals surface area contributed by atoms with Crippen molar-refractivity contribution < 1.29 is 0 Å². The van der Waals surface area contributed by atoms with Gasteiger partial charge < -0.3 is 5.32 Å². The Bertz CT molecular complexity index is 561. The summed E-state index contributed by atoms with van der Waals surface area (Å²) < 4.78 is 2.07. The maximum absolute atomic E-state index is 6.03. The number of aromatic nitrogens is 2. The molecule has 4 heteroatoms. The molecule has 3 nitrogen and oxygen atoms in total. The van der Waals surface area contributed by atoms with Crippen LogP contribution in [0.3, 0.4) is 0 Å². The second kappa shape index (κ2) is 6.91. The summed E-state index contributed by atoms with van der Waals surface area (Å²) in [6.45, 7) is 8.12. The van der Waals surface area contributed by atoms with Crippen LogP contribution in [-0.4, -0.2) is 15.8 Å². The van der Waals surface area contributed by atoms with E-state index in [-0.39, 0.29) is 0 Å². The normalized spacial score (nSPS) is 11.2. The van der Waals surface area contributed by atoms with Crippen LogP contribution >= 0.6 is 11.6 Å². The van der Waals surface area contributed by atoms with Gasteiger partial charge in [-0.2, -0.15) is 5.10 Å². The average molecular weight is 292 g/mol. The van der Waals surface area contributed by atoms with Crippen LogP contribution in [0, 0.1) is 0 Å². The standard InChI is InChI=1S/C16H22ClN3/c1-4-16-14(9-18-12(2)3)10-19-20(16)11-13-6-5-7-15(17)8-13/h5-8,10,12,18H,4,9,11H2,1-3H3. The van der Waals surface area contributed by atoms with Crippen molar-refractivity contribution >= 4 is 11.6 Å². The minimum atomic E-state index is 0.482. The van der Waals surface area contributed by atoms with Crippen molar-refractivity contribution in [3.8, 4) is 0 Å². The Hall–Kier alpha value is -1.32. The highest BCUT2D eigenvalue weighted by molar-refractivity contribution is 6.30. The number of benzene rings is 1. The lowest BCUT2D eigenvalue weighted by atomic mass is 10.2. The molecule has 108 valence electrons. The molecule has 0 aliphatic carbocycles. The minimum absolute atomic E-state index is 0.482. The third-order valence-corrected chi connectivity index (χ3v) is 3.53. The van der Waals surface area contributed by atoms with E-state index in [2.05, 4.69) is 41.9 Å². The van der Waals surface area contributed by atoms with Gasteiger partial charge in [-0.1, -0.05) is 44.5 Å². The maximum atomic E-state index is 6.03. The van der Waals surface area contributed by atoms with Crippen LogP contribution in [0.15, 0.2) is 30.5 Å². The molecule has 2 rings (SSSR count). The van der Waals surface area contributed by atoms with E-state index in [1.165, 1.54) is 16.8 Å². The zero-order valence-electron chi connectivity index (χ0n) is 12.4. The van der Waals surface area contributed by atoms with Gasteiger partial charge in [-0.25, -0.2) is 0 Å². The van der Waals surface area contributed by atoms with Crippen LogP contribution in [0.25, 0.3) is 0 Å². The number of nitrogens with one attached hydrogen (secondary N) is 1. The van der Waals surface area contributed by atoms with Gasteiger partial charge in [0.15, 0.2) is 0 Å². The molecular formula is C16H22ClN3. The lowest BCUT2D eigenvalue weighted by Crippen LogP contribution is -2.22. The topological polar surface area (TPSA) is 29.9 Å². The van der Waals surface area contributed by atoms with Crippen molar-refractivity contribution in [2.45, 2.75) is 46.3 Å². The van der Waals surface area contributed by atoms with Gasteiger partial charge in [0.1, 0.15) is 0 Å². The molecule has 0 aliphatic heterocycles. The Balaban J connectivity index is 2.16. The number of hydrogen-bond donors (Lipinski definition) is 1. The van der Waals surface area contributed by atoms with Crippen LogP contribution in [0.1, 0.15) is 37.6 Å². The van der Waals surface area contributed by atoms with E-state index in [0.29, 0.717) is 6.04 Å². The van der Waals surface area contributed by atoms with Gasteiger partial charge in [0.25, 0.3) is 0 Å². The third kappa shape index (κ3) is 3.84. The molecule has 0 atom stereocenters. The maximum Gasteiger partial charge on any atom is 0.0663 e. The fraction of sp³-hybridized carbons (Fsp3) is 0.438. The van der Waals surface area contributed by atoms with E-state index in [4.69, 9.17) is 11.6 Å². The summed E-state index contributed by atoms with van der Waals surface area (Å²) in [7, 11) is 0. The van der Waals surface area contributed by atoms with E-state index >= 15 is 0 Å². The summed E-state index contributed by atoms with van der Waals surface area (Å²) >= 11 is 6.03. The summed E-state index contributed by atoms with van der Waals surface area (Å²) in [5.41, 5.74) is 3.75. The van der Waals surface area contributed by atoms with Gasteiger partial charge in [0.2, 0.25) is 0 Å². The lowest BCUT2D eigenvalue weighted by Gasteiger charge is -2.10. The highest BCUT2D eigenvalue weighted by Gasteiger charge is 2.09. The molecule has 1 N–H and O–H groups in total. The zero-order chi connectivity index (χ0) is 14.5. The highest BCUT2D eigenvalue weighted by Crippen LogP contribution is 2.15. The SMILES string of the molecule is CCc1c(CNC(C)C)cnn1Cc1cccc(Cl)c1. The summed E-state index contributed by atoms with van der Waals surface area (Å²) in [6, 6.07) is 8.44. The Kier molecular flexibility index (Phi) is 5.21. The first-order valence-corrected chi connectivity index (χ1v) is 7.49. The molecule has 0 spiro atoms. The molecule has 1 aromatic heterocycles. The zero-order valence-corrected chi connectivity index (χ0v) is 13.1. The fourth-order valence-electron chi connectivity index (χ4n) is 2.27. The van der Waals surface area contributed by atoms with E-state index in [9.17, 15) is 0 Å². The molecule has 0 unspecified atom stereocenters. The Morgan fingerprint density at radius 2 is 2.15 bits per heavy atom. The van der Waals surface area contributed by atoms with Gasteiger partial charge in [-0.3, -0.25) is 4.68 Å². The van der Waals surface area contributed by atoms with Gasteiger partial charge in [0.05, 0.1) is 12.7 Å². The first kappa shape index (κ1) is 15.1. The summed E-state index contributed by atoms with van der Waals surface area (Å²) in [4.78, 5) is 0. The molecule has 0 radical (unpaired) electrons. The molecule has 0 amide bonds. The summed E-state index contributed by atoms with van der Waals surface area (Å²) in [5.74, 6) is 0. The number of nitrogens with zero attached hydrogens (tertiary/aromatic N) is 2. The molecular weight excluding hydrogens is 270 g/mol. The molecule has 2 aromatic rings. The lowest BCUT2D eigenvalue weighted by molar-refractivity contribution is 0.582. The molecule has 0 aliphatic rings. The van der Waals surface area contributed by atoms with Gasteiger partial charge >= 0.3 is 0 Å². The van der Waals surface area contributed by atoms with Crippen LogP contribution < -0.4 is 5.32 Å². The van der Waals surface area contributed by atoms with E-state index < -0.39 is 0 Å². The van der Waals surface area contributed by atoms with Crippen LogP contribution in [-0.2, 0) is 19.5 Å². The first-order valence-electron chi connectivity index (χ1n) is 7.11. The molecule has 1 aromatic carbocycles. The Labute approximate surface area is 126 Å². The van der Waals surface area contributed by atoms with Gasteiger partial charge in [-0.15, -0.1) is 0 Å². The molecule has 0 saturated carbocycles. The van der Waals surface area contributed by atoms with Gasteiger partial charge in [-0.05, 0) is 24.1 Å². The van der Waals surface area contributed by atoms with Crippen molar-refractivity contribution in [3.05, 3.63) is 52.3 Å². The fourth-order valence-corrected chi connectivity index (χ4v) is 2.48. The first-order chi connectivity index (χ1) is 9.60. The van der Waals surface area contributed by atoms with Crippen LogP contribution in [0.5, 0.6) is 0 Å². The molecule has 0 bridgehead atoms. The second-order valence-corrected chi connectivity index (χ2v) is 5.73. The Morgan fingerprint density at radius 1 is 1.35 bits per heavy atom. The van der Waals surface area contributed by atoms with Gasteiger partial charge in [0, 0.05) is 28.9 Å². The van der Waals surface area contributed by atoms with Crippen molar-refractivity contribution in [1.82, 2.24) is 15.1 Å². The monoisotopic (exact) mass is 291 g/mol. The molecule has 1 heterocycles. The van der Waals surface area contributed by atoms with E-state index in [1.807, 2.05) is 24.4 Å². The Morgan fingerprint density at radius 3 is 2.80 bits per heavy atom. The van der Waals surface area contributed by atoms with Crippen molar-refractivity contribution in [2.24, 2.45) is 0 Å². The largest absolute Gasteiger partial charge is 0.310 e. The van der Waals surface area contributed by atoms with Crippen molar-refractivity contribution in [2.75, 3.05) is 0 Å². The number of hydrogen-bond acceptors (Lipinski definition) is 2. The molecule has 0 fully saturated rings.